The van der Waals surface area contributed by atoms with Crippen molar-refractivity contribution in [1.82, 2.24) is 0 Å². The molecule has 0 aromatic rings. The van der Waals surface area contributed by atoms with E-state index in [1.54, 1.807) is 0 Å². The van der Waals surface area contributed by atoms with Crippen molar-refractivity contribution in [2.24, 2.45) is 0 Å². The smallest absolute Gasteiger partial charge is 0.306 e. The molecule has 0 atom stereocenters. The van der Waals surface area contributed by atoms with Gasteiger partial charge in [0.15, 0.2) is 0 Å². The Morgan fingerprint density at radius 3 is 2.36 bits per heavy atom. The van der Waals surface area contributed by atoms with E-state index in [0.29, 0.717) is 6.42 Å². The van der Waals surface area contributed by atoms with Gasteiger partial charge in [0.05, 0.1) is 11.8 Å². The molecule has 0 bridgehead atoms. The van der Waals surface area contributed by atoms with Gasteiger partial charge in [-0.25, -0.2) is 0 Å². The maximum absolute atomic E-state index is 11.2. The third-order valence-electron chi connectivity index (χ3n) is 1.88. The molecule has 0 aliphatic rings. The van der Waals surface area contributed by atoms with E-state index in [9.17, 15) is 4.79 Å². The molecule has 0 amide bonds. The van der Waals surface area contributed by atoms with Crippen LogP contribution >= 0.6 is 23.2 Å². The summed E-state index contributed by atoms with van der Waals surface area (Å²) in [6.45, 7) is 2.13. The Hall–Kier alpha value is 0.0500. The number of carbonyl (C=O) groups excluding carboxylic acids is 1. The van der Waals surface area contributed by atoms with Crippen molar-refractivity contribution < 1.29 is 9.53 Å². The summed E-state index contributed by atoms with van der Waals surface area (Å²) in [5, 5.41) is 0. The first-order valence-corrected chi connectivity index (χ1v) is 6.12. The Morgan fingerprint density at radius 1 is 1.21 bits per heavy atom. The second kappa shape index (κ2) is 9.60. The van der Waals surface area contributed by atoms with E-state index in [0.717, 1.165) is 12.8 Å². The first kappa shape index (κ1) is 14.1. The fourth-order valence-corrected chi connectivity index (χ4v) is 1.50. The molecule has 0 aliphatic heterocycles. The van der Waals surface area contributed by atoms with Crippen molar-refractivity contribution >= 4 is 29.2 Å². The third kappa shape index (κ3) is 7.45. The van der Waals surface area contributed by atoms with Gasteiger partial charge in [-0.15, -0.1) is 23.2 Å². The Kier molecular flexibility index (Phi) is 9.63. The van der Waals surface area contributed by atoms with Crippen LogP contribution < -0.4 is 0 Å². The molecule has 0 spiro atoms. The minimum absolute atomic E-state index is 0.188. The van der Waals surface area contributed by atoms with E-state index in [-0.39, 0.29) is 23.8 Å². The molecule has 0 fully saturated rings. The third-order valence-corrected chi connectivity index (χ3v) is 2.57. The summed E-state index contributed by atoms with van der Waals surface area (Å²) >= 11 is 11.1. The van der Waals surface area contributed by atoms with E-state index in [1.807, 2.05) is 0 Å². The molecule has 0 radical (unpaired) electrons. The first-order valence-electron chi connectivity index (χ1n) is 5.06. The lowest BCUT2D eigenvalue weighted by molar-refractivity contribution is -0.147. The lowest BCUT2D eigenvalue weighted by Crippen LogP contribution is -2.21. The Balaban J connectivity index is 3.44. The van der Waals surface area contributed by atoms with Crippen LogP contribution in [0.2, 0.25) is 0 Å². The zero-order valence-electron chi connectivity index (χ0n) is 8.60. The van der Waals surface area contributed by atoms with Gasteiger partial charge in [0.2, 0.25) is 0 Å². The fourth-order valence-electron chi connectivity index (χ4n) is 1.05. The minimum Gasteiger partial charge on any atom is -0.460 e. The van der Waals surface area contributed by atoms with Crippen LogP contribution in [0.3, 0.4) is 0 Å². The number of hydrogen-bond donors (Lipinski definition) is 0. The largest absolute Gasteiger partial charge is 0.460 e. The van der Waals surface area contributed by atoms with Gasteiger partial charge < -0.3 is 4.74 Å². The van der Waals surface area contributed by atoms with Crippen molar-refractivity contribution in [3.63, 3.8) is 0 Å². The fraction of sp³-hybridized carbons (Fsp3) is 0.900. The Labute approximate surface area is 95.9 Å². The number of halogens is 2. The summed E-state index contributed by atoms with van der Waals surface area (Å²) in [4.78, 5) is 11.2. The van der Waals surface area contributed by atoms with Crippen LogP contribution in [0, 0.1) is 0 Å². The lowest BCUT2D eigenvalue weighted by Gasteiger charge is -2.11. The zero-order chi connectivity index (χ0) is 10.8. The van der Waals surface area contributed by atoms with E-state index in [2.05, 4.69) is 6.92 Å². The minimum atomic E-state index is -0.336. The summed E-state index contributed by atoms with van der Waals surface area (Å²) < 4.78 is 5.03. The molecule has 4 heteroatoms. The van der Waals surface area contributed by atoms with Crippen LogP contribution in [0.5, 0.6) is 0 Å². The first-order chi connectivity index (χ1) is 6.74. The Morgan fingerprint density at radius 2 is 1.86 bits per heavy atom. The predicted octanol–water partition coefficient (Wildman–Crippen LogP) is 3.35. The van der Waals surface area contributed by atoms with Gasteiger partial charge in [-0.2, -0.15) is 0 Å². The Bertz CT molecular complexity index is 147. The standard InChI is InChI=1S/C10H18Cl2O2/c1-2-3-4-5-6-10(13)14-9(7-11)8-12/h9H,2-8H2,1H3. The van der Waals surface area contributed by atoms with Gasteiger partial charge in [-0.05, 0) is 6.42 Å². The summed E-state index contributed by atoms with van der Waals surface area (Å²) in [6, 6.07) is 0. The molecule has 0 aromatic heterocycles. The van der Waals surface area contributed by atoms with Crippen molar-refractivity contribution in [3.05, 3.63) is 0 Å². The molecular weight excluding hydrogens is 223 g/mol. The molecule has 0 N–H and O–H groups in total. The number of hydrogen-bond acceptors (Lipinski definition) is 2. The average molecular weight is 241 g/mol. The molecule has 0 heterocycles. The van der Waals surface area contributed by atoms with Crippen LogP contribution in [0.1, 0.15) is 39.0 Å². The van der Waals surface area contributed by atoms with Crippen molar-refractivity contribution in [2.75, 3.05) is 11.8 Å². The van der Waals surface area contributed by atoms with E-state index in [1.165, 1.54) is 12.8 Å². The molecule has 0 saturated carbocycles. The lowest BCUT2D eigenvalue weighted by atomic mass is 10.1. The highest BCUT2D eigenvalue weighted by Gasteiger charge is 2.11. The van der Waals surface area contributed by atoms with Crippen LogP contribution in [-0.4, -0.2) is 23.8 Å². The number of carbonyl (C=O) groups is 1. The molecule has 2 nitrogen and oxygen atoms in total. The molecule has 0 unspecified atom stereocenters. The van der Waals surface area contributed by atoms with E-state index < -0.39 is 0 Å². The number of unbranched alkanes of at least 4 members (excludes halogenated alkanes) is 3. The van der Waals surface area contributed by atoms with Gasteiger partial charge in [-0.1, -0.05) is 26.2 Å². The molecular formula is C10H18Cl2O2. The van der Waals surface area contributed by atoms with E-state index in [4.69, 9.17) is 27.9 Å². The monoisotopic (exact) mass is 240 g/mol. The summed E-state index contributed by atoms with van der Waals surface area (Å²) in [5.41, 5.74) is 0. The molecule has 0 aromatic carbocycles. The number of ether oxygens (including phenoxy) is 1. The van der Waals surface area contributed by atoms with Gasteiger partial charge in [-0.3, -0.25) is 4.79 Å². The molecule has 0 rings (SSSR count). The molecule has 0 saturated heterocycles. The second-order valence-corrected chi connectivity index (χ2v) is 3.85. The average Bonchev–Trinajstić information content (AvgIpc) is 2.21. The van der Waals surface area contributed by atoms with Crippen LogP contribution in [-0.2, 0) is 9.53 Å². The van der Waals surface area contributed by atoms with Gasteiger partial charge in [0.1, 0.15) is 6.10 Å². The van der Waals surface area contributed by atoms with Crippen molar-refractivity contribution in [3.8, 4) is 0 Å². The number of rotatable bonds is 8. The highest BCUT2D eigenvalue weighted by molar-refractivity contribution is 6.21. The quantitative estimate of drug-likeness (QED) is 0.370. The topological polar surface area (TPSA) is 26.3 Å². The van der Waals surface area contributed by atoms with Crippen molar-refractivity contribution in [2.45, 2.75) is 45.1 Å². The second-order valence-electron chi connectivity index (χ2n) is 3.23. The van der Waals surface area contributed by atoms with Gasteiger partial charge >= 0.3 is 5.97 Å². The van der Waals surface area contributed by atoms with Crippen LogP contribution in [0.4, 0.5) is 0 Å². The molecule has 84 valence electrons. The van der Waals surface area contributed by atoms with E-state index >= 15 is 0 Å². The maximum Gasteiger partial charge on any atom is 0.306 e. The zero-order valence-corrected chi connectivity index (χ0v) is 10.1. The van der Waals surface area contributed by atoms with Crippen LogP contribution in [0.15, 0.2) is 0 Å². The highest BCUT2D eigenvalue weighted by Crippen LogP contribution is 2.06. The summed E-state index contributed by atoms with van der Waals surface area (Å²) in [5.74, 6) is 0.349. The van der Waals surface area contributed by atoms with Gasteiger partial charge in [0.25, 0.3) is 0 Å². The molecule has 14 heavy (non-hydrogen) atoms. The van der Waals surface area contributed by atoms with Crippen LogP contribution in [0.25, 0.3) is 0 Å². The van der Waals surface area contributed by atoms with Crippen molar-refractivity contribution in [1.29, 1.82) is 0 Å². The summed E-state index contributed by atoms with van der Waals surface area (Å²) in [7, 11) is 0. The maximum atomic E-state index is 11.2. The SMILES string of the molecule is CCCCCCC(=O)OC(CCl)CCl. The van der Waals surface area contributed by atoms with Gasteiger partial charge in [0, 0.05) is 6.42 Å². The normalized spacial score (nSPS) is 10.6. The summed E-state index contributed by atoms with van der Waals surface area (Å²) in [6.07, 6.45) is 4.45. The number of esters is 1. The predicted molar refractivity (Wildman–Crippen MR) is 60.1 cm³/mol. The molecule has 0 aliphatic carbocycles. The number of alkyl halides is 2. The highest BCUT2D eigenvalue weighted by atomic mass is 35.5.